The molecule has 50 heavy (non-hydrogen) atoms. The third-order valence-electron chi connectivity index (χ3n) is 9.77. The second-order valence-corrected chi connectivity index (χ2v) is 12.8. The maximum absolute atomic E-state index is 6.11. The van der Waals surface area contributed by atoms with E-state index in [1.54, 1.807) is 0 Å². The van der Waals surface area contributed by atoms with E-state index < -0.39 is 0 Å². The average Bonchev–Trinajstić information content (AvgIpc) is 3.73. The van der Waals surface area contributed by atoms with Crippen molar-refractivity contribution < 1.29 is 4.42 Å². The smallest absolute Gasteiger partial charge is 0.238 e. The van der Waals surface area contributed by atoms with Gasteiger partial charge >= 0.3 is 0 Å². The van der Waals surface area contributed by atoms with Crippen molar-refractivity contribution in [1.29, 1.82) is 0 Å². The molecule has 0 aliphatic heterocycles. The lowest BCUT2D eigenvalue weighted by Crippen LogP contribution is -2.06. The zero-order valence-electron chi connectivity index (χ0n) is 27.1. The molecule has 6 aromatic carbocycles. The molecule has 5 nitrogen and oxygen atoms in total. The lowest BCUT2D eigenvalue weighted by Gasteiger charge is -2.12. The molecule has 0 atom stereocenters. The van der Waals surface area contributed by atoms with Gasteiger partial charge in [0, 0.05) is 32.7 Å². The van der Waals surface area contributed by atoms with E-state index in [0.717, 1.165) is 78.8 Å². The first kappa shape index (κ1) is 28.4. The quantitative estimate of drug-likeness (QED) is 0.187. The van der Waals surface area contributed by atoms with Crippen LogP contribution in [0.25, 0.3) is 89.2 Å². The van der Waals surface area contributed by atoms with E-state index in [4.69, 9.17) is 19.4 Å². The van der Waals surface area contributed by atoms with E-state index in [1.165, 1.54) is 11.1 Å². The highest BCUT2D eigenvalue weighted by atomic mass is 16.3. The number of allylic oxidation sites excluding steroid dienone is 4. The van der Waals surface area contributed by atoms with Crippen LogP contribution in [-0.2, 0) is 0 Å². The van der Waals surface area contributed by atoms with Gasteiger partial charge in [-0.1, -0.05) is 121 Å². The van der Waals surface area contributed by atoms with Crippen LogP contribution in [-0.4, -0.2) is 19.5 Å². The second-order valence-electron chi connectivity index (χ2n) is 12.8. The Balaban J connectivity index is 1.14. The molecule has 9 aromatic rings. The SMILES string of the molecule is C1=CCCC(c2ccc(-c3nc(-c4ccccc4)nc(-n4c5ccccc5c5cc(-c6ccc7oc8ccccc8c7c6)ccc54)n3)cc2)=C1. The van der Waals surface area contributed by atoms with Gasteiger partial charge in [-0.3, -0.25) is 4.57 Å². The molecule has 0 radical (unpaired) electrons. The molecule has 1 aliphatic carbocycles. The fraction of sp³-hybridized carbons (Fsp3) is 0.0444. The number of benzene rings is 6. The predicted molar refractivity (Wildman–Crippen MR) is 204 cm³/mol. The Kier molecular flexibility index (Phi) is 6.56. The van der Waals surface area contributed by atoms with E-state index in [1.807, 2.05) is 42.5 Å². The third-order valence-corrected chi connectivity index (χ3v) is 9.77. The number of nitrogens with zero attached hydrogens (tertiary/aromatic N) is 4. The van der Waals surface area contributed by atoms with Crippen LogP contribution < -0.4 is 0 Å². The Bertz CT molecular complexity index is 2800. The summed E-state index contributed by atoms with van der Waals surface area (Å²) in [5, 5.41) is 4.52. The van der Waals surface area contributed by atoms with E-state index in [9.17, 15) is 0 Å². The predicted octanol–water partition coefficient (Wildman–Crippen LogP) is 11.6. The Morgan fingerprint density at radius 1 is 0.480 bits per heavy atom. The van der Waals surface area contributed by atoms with Gasteiger partial charge in [0.1, 0.15) is 11.2 Å². The van der Waals surface area contributed by atoms with Crippen molar-refractivity contribution in [2.45, 2.75) is 12.8 Å². The summed E-state index contributed by atoms with van der Waals surface area (Å²) in [5.74, 6) is 1.86. The van der Waals surface area contributed by atoms with Gasteiger partial charge in [0.15, 0.2) is 11.6 Å². The number of para-hydroxylation sites is 2. The Morgan fingerprint density at radius 3 is 1.90 bits per heavy atom. The fourth-order valence-corrected chi connectivity index (χ4v) is 7.26. The highest BCUT2D eigenvalue weighted by molar-refractivity contribution is 6.11. The zero-order chi connectivity index (χ0) is 33.0. The molecule has 0 fully saturated rings. The van der Waals surface area contributed by atoms with Crippen molar-refractivity contribution in [1.82, 2.24) is 19.5 Å². The standard InChI is InChI=1S/C45H30N4O/c1-3-11-29(12-4-1)30-19-21-32(22-20-30)44-46-43(31-13-5-2-6-14-31)47-45(48-44)49-39-17-9-7-15-35(39)37-27-33(23-25-40(37)49)34-24-26-42-38(28-34)36-16-8-10-18-41(36)50-42/h1-3,5-11,13-28H,4,12H2. The first-order valence-corrected chi connectivity index (χ1v) is 17.0. The lowest BCUT2D eigenvalue weighted by molar-refractivity contribution is 0.669. The van der Waals surface area contributed by atoms with Gasteiger partial charge in [0.2, 0.25) is 5.95 Å². The molecule has 0 spiro atoms. The highest BCUT2D eigenvalue weighted by Crippen LogP contribution is 2.37. The number of aromatic nitrogens is 4. The second kappa shape index (κ2) is 11.5. The molecule has 1 aliphatic rings. The first-order valence-electron chi connectivity index (χ1n) is 17.0. The number of hydrogen-bond donors (Lipinski definition) is 0. The largest absolute Gasteiger partial charge is 0.456 e. The molecule has 236 valence electrons. The highest BCUT2D eigenvalue weighted by Gasteiger charge is 2.19. The summed E-state index contributed by atoms with van der Waals surface area (Å²) in [6.45, 7) is 0. The lowest BCUT2D eigenvalue weighted by atomic mass is 9.96. The number of fused-ring (bicyclic) bond motifs is 6. The summed E-state index contributed by atoms with van der Waals surface area (Å²) in [7, 11) is 0. The molecule has 0 saturated heterocycles. The van der Waals surface area contributed by atoms with Crippen molar-refractivity contribution >= 4 is 49.3 Å². The Hall–Kier alpha value is -6.59. The number of rotatable bonds is 5. The first-order chi connectivity index (χ1) is 24.8. The van der Waals surface area contributed by atoms with Crippen molar-refractivity contribution in [2.24, 2.45) is 0 Å². The molecule has 0 N–H and O–H groups in total. The minimum Gasteiger partial charge on any atom is -0.456 e. The zero-order valence-corrected chi connectivity index (χ0v) is 27.1. The average molecular weight is 643 g/mol. The Labute approximate surface area is 288 Å². The summed E-state index contributed by atoms with van der Waals surface area (Å²) in [6.07, 6.45) is 8.69. The summed E-state index contributed by atoms with van der Waals surface area (Å²) in [4.78, 5) is 15.3. The minimum atomic E-state index is 0.586. The summed E-state index contributed by atoms with van der Waals surface area (Å²) < 4.78 is 8.29. The van der Waals surface area contributed by atoms with E-state index in [0.29, 0.717) is 17.6 Å². The number of hydrogen-bond acceptors (Lipinski definition) is 4. The molecule has 0 unspecified atom stereocenters. The van der Waals surface area contributed by atoms with E-state index in [-0.39, 0.29) is 0 Å². The van der Waals surface area contributed by atoms with Gasteiger partial charge in [-0.05, 0) is 71.5 Å². The van der Waals surface area contributed by atoms with Gasteiger partial charge < -0.3 is 4.42 Å². The van der Waals surface area contributed by atoms with Crippen LogP contribution in [0.4, 0.5) is 0 Å². The van der Waals surface area contributed by atoms with Gasteiger partial charge in [-0.15, -0.1) is 0 Å². The molecule has 0 amide bonds. The molecular weight excluding hydrogens is 613 g/mol. The third kappa shape index (κ3) is 4.74. The van der Waals surface area contributed by atoms with Crippen LogP contribution in [0.15, 0.2) is 162 Å². The summed E-state index contributed by atoms with van der Waals surface area (Å²) in [6, 6.07) is 48.6. The van der Waals surface area contributed by atoms with Crippen LogP contribution in [0.2, 0.25) is 0 Å². The maximum Gasteiger partial charge on any atom is 0.238 e. The van der Waals surface area contributed by atoms with Crippen molar-refractivity contribution in [2.75, 3.05) is 0 Å². The van der Waals surface area contributed by atoms with Crippen LogP contribution in [0, 0.1) is 0 Å². The van der Waals surface area contributed by atoms with Crippen molar-refractivity contribution in [3.05, 3.63) is 163 Å². The monoisotopic (exact) mass is 642 g/mol. The fourth-order valence-electron chi connectivity index (χ4n) is 7.26. The molecule has 3 heterocycles. The number of furan rings is 1. The minimum absolute atomic E-state index is 0.586. The molecule has 0 bridgehead atoms. The normalized spacial score (nSPS) is 13.1. The molecule has 3 aromatic heterocycles. The molecule has 10 rings (SSSR count). The van der Waals surface area contributed by atoms with Crippen LogP contribution in [0.3, 0.4) is 0 Å². The Morgan fingerprint density at radius 2 is 1.10 bits per heavy atom. The van der Waals surface area contributed by atoms with Crippen molar-refractivity contribution in [3.63, 3.8) is 0 Å². The maximum atomic E-state index is 6.11. The summed E-state index contributed by atoms with van der Waals surface area (Å²) >= 11 is 0. The molecule has 5 heteroatoms. The molecular formula is C45H30N4O. The van der Waals surface area contributed by atoms with Gasteiger partial charge in [0.25, 0.3) is 0 Å². The van der Waals surface area contributed by atoms with Gasteiger partial charge in [-0.25, -0.2) is 4.98 Å². The van der Waals surface area contributed by atoms with Crippen LogP contribution >= 0.6 is 0 Å². The molecule has 0 saturated carbocycles. The van der Waals surface area contributed by atoms with Crippen LogP contribution in [0.5, 0.6) is 0 Å². The van der Waals surface area contributed by atoms with Crippen LogP contribution in [0.1, 0.15) is 18.4 Å². The summed E-state index contributed by atoms with van der Waals surface area (Å²) in [5.41, 5.74) is 10.6. The van der Waals surface area contributed by atoms with Gasteiger partial charge in [0.05, 0.1) is 11.0 Å². The van der Waals surface area contributed by atoms with Gasteiger partial charge in [-0.2, -0.15) is 9.97 Å². The topological polar surface area (TPSA) is 56.7 Å². The van der Waals surface area contributed by atoms with E-state index >= 15 is 0 Å². The van der Waals surface area contributed by atoms with E-state index in [2.05, 4.69) is 120 Å². The van der Waals surface area contributed by atoms with Crippen molar-refractivity contribution in [3.8, 4) is 39.9 Å².